The maximum absolute atomic E-state index is 6.03. The van der Waals surface area contributed by atoms with Gasteiger partial charge in [-0.3, -0.25) is 0 Å². The average Bonchev–Trinajstić information content (AvgIpc) is 3.10. The summed E-state index contributed by atoms with van der Waals surface area (Å²) < 4.78 is 10.7. The number of nitrogens with two attached hydrogens (primary N) is 1. The molecule has 0 spiro atoms. The number of hydrogen-bond acceptors (Lipinski definition) is 4. The number of aliphatic imine (C=N–C) groups is 1. The maximum atomic E-state index is 6.03. The molecule has 0 saturated heterocycles. The molecule has 0 unspecified atom stereocenters. The standard InChI is InChI=1S/C17H22N4O2/c1-22-15-9-13(7-8-14(15)16-10-19-11-23-16)21-17(18)20-12-5-3-2-4-6-12/h7-12H,2-6H2,1H3,(H3,18,20,21). The van der Waals surface area contributed by atoms with E-state index in [0.29, 0.717) is 23.5 Å². The van der Waals surface area contributed by atoms with Crippen LogP contribution in [0.3, 0.4) is 0 Å². The molecule has 0 amide bonds. The molecule has 3 N–H and O–H groups in total. The van der Waals surface area contributed by atoms with Crippen molar-refractivity contribution >= 4 is 11.6 Å². The van der Waals surface area contributed by atoms with Crippen molar-refractivity contribution in [2.75, 3.05) is 7.11 Å². The van der Waals surface area contributed by atoms with E-state index in [0.717, 1.165) is 24.1 Å². The second kappa shape index (κ2) is 7.17. The third-order valence-electron chi connectivity index (χ3n) is 4.09. The first kappa shape index (κ1) is 15.4. The minimum atomic E-state index is 0.433. The SMILES string of the molecule is COc1cc(/N=C(\N)NC2CCCCC2)ccc1-c1cnco1. The van der Waals surface area contributed by atoms with Gasteiger partial charge in [-0.05, 0) is 25.0 Å². The zero-order chi connectivity index (χ0) is 16.1. The molecule has 1 aliphatic rings. The fourth-order valence-electron chi connectivity index (χ4n) is 2.93. The van der Waals surface area contributed by atoms with Crippen LogP contribution < -0.4 is 15.8 Å². The second-order valence-corrected chi connectivity index (χ2v) is 5.73. The summed E-state index contributed by atoms with van der Waals surface area (Å²) >= 11 is 0. The lowest BCUT2D eigenvalue weighted by Crippen LogP contribution is -2.40. The van der Waals surface area contributed by atoms with Crippen molar-refractivity contribution in [1.82, 2.24) is 10.3 Å². The Morgan fingerprint density at radius 3 is 2.87 bits per heavy atom. The van der Waals surface area contributed by atoms with Crippen LogP contribution in [0.2, 0.25) is 0 Å². The van der Waals surface area contributed by atoms with Gasteiger partial charge in [-0.1, -0.05) is 19.3 Å². The smallest absolute Gasteiger partial charge is 0.194 e. The molecule has 1 fully saturated rings. The number of methoxy groups -OCH3 is 1. The van der Waals surface area contributed by atoms with Gasteiger partial charge in [0.2, 0.25) is 0 Å². The normalized spacial score (nSPS) is 16.3. The van der Waals surface area contributed by atoms with Crippen LogP contribution in [0.15, 0.2) is 40.2 Å². The van der Waals surface area contributed by atoms with Crippen LogP contribution in [0.4, 0.5) is 5.69 Å². The van der Waals surface area contributed by atoms with Gasteiger partial charge in [-0.15, -0.1) is 0 Å². The highest BCUT2D eigenvalue weighted by Gasteiger charge is 2.14. The Labute approximate surface area is 135 Å². The van der Waals surface area contributed by atoms with Crippen molar-refractivity contribution in [3.63, 3.8) is 0 Å². The van der Waals surface area contributed by atoms with Crippen LogP contribution in [0.25, 0.3) is 11.3 Å². The first-order valence-electron chi connectivity index (χ1n) is 7.94. The molecule has 0 atom stereocenters. The highest BCUT2D eigenvalue weighted by atomic mass is 16.5. The maximum Gasteiger partial charge on any atom is 0.194 e. The fourth-order valence-corrected chi connectivity index (χ4v) is 2.93. The topological polar surface area (TPSA) is 85.7 Å². The lowest BCUT2D eigenvalue weighted by Gasteiger charge is -2.23. The van der Waals surface area contributed by atoms with E-state index in [1.165, 1.54) is 25.7 Å². The molecular weight excluding hydrogens is 292 g/mol. The molecule has 1 aliphatic carbocycles. The number of nitrogens with zero attached hydrogens (tertiary/aromatic N) is 2. The Hall–Kier alpha value is -2.50. The van der Waals surface area contributed by atoms with Gasteiger partial charge >= 0.3 is 0 Å². The van der Waals surface area contributed by atoms with Gasteiger partial charge in [-0.2, -0.15) is 0 Å². The average molecular weight is 314 g/mol. The summed E-state index contributed by atoms with van der Waals surface area (Å²) in [6.45, 7) is 0. The van der Waals surface area contributed by atoms with E-state index in [2.05, 4.69) is 15.3 Å². The molecule has 3 rings (SSSR count). The predicted octanol–water partition coefficient (Wildman–Crippen LogP) is 3.22. The van der Waals surface area contributed by atoms with Crippen molar-refractivity contribution in [3.05, 3.63) is 30.8 Å². The van der Waals surface area contributed by atoms with Crippen LogP contribution in [-0.4, -0.2) is 24.1 Å². The molecule has 1 aromatic carbocycles. The number of ether oxygens (including phenoxy) is 1. The van der Waals surface area contributed by atoms with E-state index in [-0.39, 0.29) is 0 Å². The van der Waals surface area contributed by atoms with Crippen LogP contribution in [-0.2, 0) is 0 Å². The Bertz CT molecular complexity index is 661. The van der Waals surface area contributed by atoms with Gasteiger partial charge < -0.3 is 20.2 Å². The van der Waals surface area contributed by atoms with E-state index in [9.17, 15) is 0 Å². The first-order chi connectivity index (χ1) is 11.3. The molecule has 0 bridgehead atoms. The molecule has 122 valence electrons. The van der Waals surface area contributed by atoms with Gasteiger partial charge in [0.05, 0.1) is 24.6 Å². The quantitative estimate of drug-likeness (QED) is 0.668. The molecule has 1 saturated carbocycles. The number of rotatable bonds is 4. The predicted molar refractivity (Wildman–Crippen MR) is 89.8 cm³/mol. The number of guanidine groups is 1. The first-order valence-corrected chi connectivity index (χ1v) is 7.94. The third-order valence-corrected chi connectivity index (χ3v) is 4.09. The summed E-state index contributed by atoms with van der Waals surface area (Å²) in [6, 6.07) is 6.05. The molecule has 2 aromatic rings. The number of nitrogens with one attached hydrogen (secondary N) is 1. The number of benzene rings is 1. The van der Waals surface area contributed by atoms with Gasteiger partial charge in [-0.25, -0.2) is 9.98 Å². The zero-order valence-corrected chi connectivity index (χ0v) is 13.3. The van der Waals surface area contributed by atoms with Gasteiger partial charge in [0.25, 0.3) is 0 Å². The lowest BCUT2D eigenvalue weighted by molar-refractivity contribution is 0.412. The number of oxazole rings is 1. The van der Waals surface area contributed by atoms with Crippen LogP contribution in [0, 0.1) is 0 Å². The molecular formula is C17H22N4O2. The summed E-state index contributed by atoms with van der Waals surface area (Å²) in [5.41, 5.74) is 7.61. The summed E-state index contributed by atoms with van der Waals surface area (Å²) in [5, 5.41) is 3.31. The lowest BCUT2D eigenvalue weighted by atomic mass is 9.96. The van der Waals surface area contributed by atoms with Gasteiger partial charge in [0, 0.05) is 12.1 Å². The summed E-state index contributed by atoms with van der Waals surface area (Å²) in [5.74, 6) is 1.78. The second-order valence-electron chi connectivity index (χ2n) is 5.73. The minimum Gasteiger partial charge on any atom is -0.496 e. The monoisotopic (exact) mass is 314 g/mol. The van der Waals surface area contributed by atoms with Crippen molar-refractivity contribution in [2.24, 2.45) is 10.7 Å². The van der Waals surface area contributed by atoms with Crippen molar-refractivity contribution in [3.8, 4) is 17.1 Å². The van der Waals surface area contributed by atoms with E-state index in [4.69, 9.17) is 14.9 Å². The Balaban J connectivity index is 1.76. The summed E-state index contributed by atoms with van der Waals surface area (Å²) in [4.78, 5) is 8.37. The molecule has 6 heteroatoms. The highest BCUT2D eigenvalue weighted by Crippen LogP contribution is 2.33. The molecule has 6 nitrogen and oxygen atoms in total. The molecule has 1 heterocycles. The highest BCUT2D eigenvalue weighted by molar-refractivity contribution is 5.82. The summed E-state index contributed by atoms with van der Waals surface area (Å²) in [7, 11) is 1.62. The van der Waals surface area contributed by atoms with E-state index < -0.39 is 0 Å². The molecule has 1 aromatic heterocycles. The summed E-state index contributed by atoms with van der Waals surface area (Å²) in [6.07, 6.45) is 9.19. The van der Waals surface area contributed by atoms with E-state index in [1.54, 1.807) is 13.3 Å². The van der Waals surface area contributed by atoms with Crippen molar-refractivity contribution < 1.29 is 9.15 Å². The number of hydrogen-bond donors (Lipinski definition) is 2. The largest absolute Gasteiger partial charge is 0.496 e. The van der Waals surface area contributed by atoms with E-state index >= 15 is 0 Å². The van der Waals surface area contributed by atoms with Crippen molar-refractivity contribution in [1.29, 1.82) is 0 Å². The van der Waals surface area contributed by atoms with Crippen LogP contribution >= 0.6 is 0 Å². The van der Waals surface area contributed by atoms with Gasteiger partial charge in [0.1, 0.15) is 5.75 Å². The molecule has 23 heavy (non-hydrogen) atoms. The van der Waals surface area contributed by atoms with E-state index in [1.807, 2.05) is 18.2 Å². The Kier molecular flexibility index (Phi) is 4.80. The van der Waals surface area contributed by atoms with Crippen molar-refractivity contribution in [2.45, 2.75) is 38.1 Å². The Morgan fingerprint density at radius 2 is 2.17 bits per heavy atom. The number of aromatic nitrogens is 1. The van der Waals surface area contributed by atoms with Crippen LogP contribution in [0.5, 0.6) is 5.75 Å². The third kappa shape index (κ3) is 3.83. The minimum absolute atomic E-state index is 0.433. The molecule has 0 aliphatic heterocycles. The fraction of sp³-hybridized carbons (Fsp3) is 0.412. The Morgan fingerprint density at radius 1 is 1.35 bits per heavy atom. The van der Waals surface area contributed by atoms with Crippen LogP contribution in [0.1, 0.15) is 32.1 Å². The zero-order valence-electron chi connectivity index (χ0n) is 13.3. The molecule has 0 radical (unpaired) electrons. The van der Waals surface area contributed by atoms with Gasteiger partial charge in [0.15, 0.2) is 18.1 Å².